The number of allylic oxidation sites excluding steroid dienone is 3. The highest BCUT2D eigenvalue weighted by Gasteiger charge is 2.14. The molecule has 0 saturated carbocycles. The molecule has 1 rings (SSSR count). The maximum absolute atomic E-state index is 11.9. The van der Waals surface area contributed by atoms with Gasteiger partial charge >= 0.3 is 17.9 Å². The van der Waals surface area contributed by atoms with E-state index in [4.69, 9.17) is 9.84 Å². The second-order valence-corrected chi connectivity index (χ2v) is 5.99. The summed E-state index contributed by atoms with van der Waals surface area (Å²) >= 11 is 0. The third kappa shape index (κ3) is 10.5. The van der Waals surface area contributed by atoms with Crippen LogP contribution in [0.25, 0.3) is 6.08 Å². The van der Waals surface area contributed by atoms with Gasteiger partial charge in [-0.15, -0.1) is 0 Å². The van der Waals surface area contributed by atoms with Crippen LogP contribution in [0.5, 0.6) is 0 Å². The summed E-state index contributed by atoms with van der Waals surface area (Å²) in [6.07, 6.45) is 5.61. The summed E-state index contributed by atoms with van der Waals surface area (Å²) in [6.45, 7) is 9.74. The van der Waals surface area contributed by atoms with Crippen molar-refractivity contribution in [1.82, 2.24) is 0 Å². The van der Waals surface area contributed by atoms with Crippen molar-refractivity contribution in [2.75, 3.05) is 7.11 Å². The van der Waals surface area contributed by atoms with Crippen LogP contribution in [0.15, 0.2) is 71.5 Å². The van der Waals surface area contributed by atoms with E-state index in [2.05, 4.69) is 11.3 Å². The van der Waals surface area contributed by atoms with Gasteiger partial charge in [-0.3, -0.25) is 0 Å². The number of carbonyl (C=O) groups is 3. The maximum Gasteiger partial charge on any atom is 0.338 e. The van der Waals surface area contributed by atoms with Gasteiger partial charge in [0.15, 0.2) is 0 Å². The summed E-state index contributed by atoms with van der Waals surface area (Å²) in [5.74, 6) is -1.80. The van der Waals surface area contributed by atoms with Crippen LogP contribution in [0.2, 0.25) is 0 Å². The van der Waals surface area contributed by atoms with E-state index >= 15 is 0 Å². The van der Waals surface area contributed by atoms with Gasteiger partial charge in [0.1, 0.15) is 5.76 Å². The molecule has 0 aliphatic carbocycles. The Bertz CT molecular complexity index is 813. The van der Waals surface area contributed by atoms with E-state index in [0.717, 1.165) is 5.56 Å². The summed E-state index contributed by atoms with van der Waals surface area (Å²) in [7, 11) is 1.33. The molecule has 1 N–H and O–H groups in total. The van der Waals surface area contributed by atoms with Crippen LogP contribution in [-0.2, 0) is 23.9 Å². The number of esters is 2. The lowest BCUT2D eigenvalue weighted by Crippen LogP contribution is -2.10. The van der Waals surface area contributed by atoms with Crippen LogP contribution in [0.3, 0.4) is 0 Å². The third-order valence-electron chi connectivity index (χ3n) is 3.57. The number of hydrogen-bond acceptors (Lipinski definition) is 5. The Morgan fingerprint density at radius 2 is 1.66 bits per heavy atom. The van der Waals surface area contributed by atoms with Crippen molar-refractivity contribution >= 4 is 24.0 Å². The minimum Gasteiger partial charge on any atom is -0.478 e. The summed E-state index contributed by atoms with van der Waals surface area (Å²) in [5, 5.41) is 8.93. The molecule has 1 aromatic carbocycles. The minimum absolute atomic E-state index is 0.0449. The SMILES string of the molecule is C=C(C)C(=O)OC.CCC(OC(=O)C(C)=CC=Cc1ccccc1)=C(C)C(=O)O. The van der Waals surface area contributed by atoms with Crippen LogP contribution >= 0.6 is 0 Å². The Morgan fingerprint density at radius 3 is 2.07 bits per heavy atom. The van der Waals surface area contributed by atoms with Gasteiger partial charge in [0, 0.05) is 17.6 Å². The first-order valence-corrected chi connectivity index (χ1v) is 8.93. The topological polar surface area (TPSA) is 89.9 Å². The number of hydrogen-bond donors (Lipinski definition) is 1. The Morgan fingerprint density at radius 1 is 1.07 bits per heavy atom. The number of rotatable bonds is 7. The third-order valence-corrected chi connectivity index (χ3v) is 3.57. The molecule has 0 aliphatic heterocycles. The number of aliphatic carboxylic acids is 1. The molecule has 156 valence electrons. The Labute approximate surface area is 171 Å². The van der Waals surface area contributed by atoms with E-state index in [0.29, 0.717) is 17.6 Å². The first kappa shape index (κ1) is 25.6. The highest BCUT2D eigenvalue weighted by atomic mass is 16.5. The molecule has 0 atom stereocenters. The summed E-state index contributed by atoms with van der Waals surface area (Å²) in [6, 6.07) is 9.69. The van der Waals surface area contributed by atoms with E-state index in [1.165, 1.54) is 14.0 Å². The highest BCUT2D eigenvalue weighted by molar-refractivity contribution is 5.91. The largest absolute Gasteiger partial charge is 0.478 e. The van der Waals surface area contributed by atoms with E-state index < -0.39 is 11.9 Å². The van der Waals surface area contributed by atoms with Crippen LogP contribution < -0.4 is 0 Å². The standard InChI is InChI=1S/C18H20O4.C5H8O2/c1-4-16(14(3)17(19)20)22-18(21)13(2)9-8-12-15-10-6-5-7-11-15;1-4(2)5(6)7-3/h5-12H,4H2,1-3H3,(H,19,20);1H2,2-3H3. The predicted octanol–water partition coefficient (Wildman–Crippen LogP) is 4.69. The van der Waals surface area contributed by atoms with E-state index in [9.17, 15) is 14.4 Å². The number of carboxylic acids is 1. The van der Waals surface area contributed by atoms with Gasteiger partial charge < -0.3 is 14.6 Å². The average Bonchev–Trinajstić information content (AvgIpc) is 2.71. The number of methoxy groups -OCH3 is 1. The van der Waals surface area contributed by atoms with Crippen LogP contribution in [0.1, 0.15) is 39.7 Å². The van der Waals surface area contributed by atoms with Gasteiger partial charge in [0.25, 0.3) is 0 Å². The number of carbonyl (C=O) groups excluding carboxylic acids is 2. The molecule has 0 spiro atoms. The zero-order valence-corrected chi connectivity index (χ0v) is 17.5. The molecular formula is C23H28O6. The lowest BCUT2D eigenvalue weighted by Gasteiger charge is -2.08. The van der Waals surface area contributed by atoms with E-state index in [1.54, 1.807) is 32.9 Å². The summed E-state index contributed by atoms with van der Waals surface area (Å²) < 4.78 is 9.42. The summed E-state index contributed by atoms with van der Waals surface area (Å²) in [4.78, 5) is 33.0. The zero-order chi connectivity index (χ0) is 22.4. The molecule has 29 heavy (non-hydrogen) atoms. The first-order valence-electron chi connectivity index (χ1n) is 8.93. The van der Waals surface area contributed by atoms with Crippen LogP contribution in [-0.4, -0.2) is 30.1 Å². The average molecular weight is 400 g/mol. The molecule has 6 heteroatoms. The molecular weight excluding hydrogens is 372 g/mol. The zero-order valence-electron chi connectivity index (χ0n) is 17.5. The normalized spacial score (nSPS) is 11.7. The van der Waals surface area contributed by atoms with Gasteiger partial charge in [-0.1, -0.05) is 62.1 Å². The molecule has 0 aliphatic rings. The molecule has 0 radical (unpaired) electrons. The van der Waals surface area contributed by atoms with Gasteiger partial charge in [-0.25, -0.2) is 14.4 Å². The van der Waals surface area contributed by atoms with E-state index in [-0.39, 0.29) is 17.3 Å². The van der Waals surface area contributed by atoms with Crippen molar-refractivity contribution in [3.05, 3.63) is 77.1 Å². The molecule has 1 aromatic rings. The second-order valence-electron chi connectivity index (χ2n) is 5.99. The molecule has 0 aromatic heterocycles. The highest BCUT2D eigenvalue weighted by Crippen LogP contribution is 2.13. The molecule has 0 unspecified atom stereocenters. The molecule has 0 heterocycles. The van der Waals surface area contributed by atoms with Crippen LogP contribution in [0.4, 0.5) is 0 Å². The number of carboxylic acid groups (broad SMARTS) is 1. The van der Waals surface area contributed by atoms with Gasteiger partial charge in [-0.2, -0.15) is 0 Å². The van der Waals surface area contributed by atoms with Crippen molar-refractivity contribution in [1.29, 1.82) is 0 Å². The fourth-order valence-electron chi connectivity index (χ4n) is 1.84. The lowest BCUT2D eigenvalue weighted by atomic mass is 10.2. The van der Waals surface area contributed by atoms with Crippen molar-refractivity contribution in [2.24, 2.45) is 0 Å². The fraction of sp³-hybridized carbons (Fsp3) is 0.261. The Kier molecular flexibility index (Phi) is 12.1. The first-order chi connectivity index (χ1) is 13.6. The smallest absolute Gasteiger partial charge is 0.338 e. The fourth-order valence-corrected chi connectivity index (χ4v) is 1.84. The predicted molar refractivity (Wildman–Crippen MR) is 113 cm³/mol. The molecule has 0 bridgehead atoms. The van der Waals surface area contributed by atoms with Crippen LogP contribution in [0, 0.1) is 0 Å². The lowest BCUT2D eigenvalue weighted by molar-refractivity contribution is -0.137. The number of benzene rings is 1. The van der Waals surface area contributed by atoms with Crippen molar-refractivity contribution in [3.8, 4) is 0 Å². The van der Waals surface area contributed by atoms with Crippen molar-refractivity contribution in [2.45, 2.75) is 34.1 Å². The minimum atomic E-state index is -1.09. The Hall–Kier alpha value is -3.41. The van der Waals surface area contributed by atoms with Crippen molar-refractivity contribution < 1.29 is 29.0 Å². The number of ether oxygens (including phenoxy) is 2. The monoisotopic (exact) mass is 400 g/mol. The maximum atomic E-state index is 11.9. The van der Waals surface area contributed by atoms with Crippen molar-refractivity contribution in [3.63, 3.8) is 0 Å². The quantitative estimate of drug-likeness (QED) is 0.309. The van der Waals surface area contributed by atoms with E-state index in [1.807, 2.05) is 36.4 Å². The molecule has 0 fully saturated rings. The molecule has 0 saturated heterocycles. The molecule has 0 amide bonds. The Balaban J connectivity index is 0.000000956. The summed E-state index contributed by atoms with van der Waals surface area (Å²) in [5.41, 5.74) is 1.90. The molecule has 6 nitrogen and oxygen atoms in total. The van der Waals surface area contributed by atoms with Gasteiger partial charge in [-0.05, 0) is 26.3 Å². The van der Waals surface area contributed by atoms with Gasteiger partial charge in [0.2, 0.25) is 0 Å². The second kappa shape index (κ2) is 13.7. The van der Waals surface area contributed by atoms with Gasteiger partial charge in [0.05, 0.1) is 12.7 Å².